The van der Waals surface area contributed by atoms with Crippen LogP contribution in [-0.2, 0) is 33.4 Å². The summed E-state index contributed by atoms with van der Waals surface area (Å²) < 4.78 is 54.1. The summed E-state index contributed by atoms with van der Waals surface area (Å²) in [7, 11) is 4.72. The minimum absolute atomic E-state index is 0.0467. The van der Waals surface area contributed by atoms with Crippen molar-refractivity contribution in [2.45, 2.75) is 117 Å². The van der Waals surface area contributed by atoms with Crippen molar-refractivity contribution in [1.29, 1.82) is 0 Å². The Morgan fingerprint density at radius 1 is 0.561 bits per heavy atom. The zero-order valence-electron chi connectivity index (χ0n) is 57.3. The van der Waals surface area contributed by atoms with Crippen molar-refractivity contribution in [3.8, 4) is 80.8 Å². The average molecular weight is 1360 g/mol. The summed E-state index contributed by atoms with van der Waals surface area (Å²) in [4.78, 5) is 25.1. The monoisotopic (exact) mass is 1360 g/mol. The van der Waals surface area contributed by atoms with Crippen molar-refractivity contribution < 1.29 is 51.9 Å². The van der Waals surface area contributed by atoms with E-state index in [9.17, 15) is 14.9 Å². The molecule has 1 aliphatic rings. The molecule has 0 aliphatic heterocycles. The van der Waals surface area contributed by atoms with Gasteiger partial charge in [0.2, 0.25) is 6.79 Å². The van der Waals surface area contributed by atoms with Gasteiger partial charge in [-0.05, 0) is 205 Å². The molecule has 16 nitrogen and oxygen atoms in total. The van der Waals surface area contributed by atoms with E-state index in [2.05, 4.69) is 122 Å². The van der Waals surface area contributed by atoms with Gasteiger partial charge in [-0.1, -0.05) is 102 Å². The van der Waals surface area contributed by atoms with Gasteiger partial charge in [0.15, 0.2) is 11.5 Å². The highest BCUT2D eigenvalue weighted by Gasteiger charge is 2.42. The molecule has 0 aromatic heterocycles. The molecule has 1 aliphatic carbocycles. The first kappa shape index (κ1) is 72.3. The number of anilines is 1. The molecule has 0 bridgehead atoms. The second kappa shape index (κ2) is 35.9. The zero-order valence-corrected chi connectivity index (χ0v) is 59.0. The molecule has 0 heterocycles. The Balaban J connectivity index is 0.807. The molecule has 0 spiro atoms. The summed E-state index contributed by atoms with van der Waals surface area (Å²) in [5.74, 6) is 17.1. The van der Waals surface area contributed by atoms with Crippen molar-refractivity contribution in [2.24, 2.45) is 5.10 Å². The molecule has 0 N–H and O–H groups in total. The number of hydrogen-bond donors (Lipinski definition) is 0. The normalized spacial score (nSPS) is 12.3. The molecule has 8 aromatic carbocycles. The van der Waals surface area contributed by atoms with Crippen molar-refractivity contribution in [3.63, 3.8) is 0 Å². The fourth-order valence-electron chi connectivity index (χ4n) is 11.4. The number of hydrogen-bond acceptors (Lipinski definition) is 15. The third-order valence-electron chi connectivity index (χ3n) is 16.8. The topological polar surface area (TPSA) is 162 Å². The Bertz CT molecular complexity index is 4150. The molecule has 0 amide bonds. The Hall–Kier alpha value is -9.93. The maximum absolute atomic E-state index is 11.8. The van der Waals surface area contributed by atoms with E-state index < -0.39 is 17.5 Å². The summed E-state index contributed by atoms with van der Waals surface area (Å²) in [5, 5.41) is 16.5. The van der Waals surface area contributed by atoms with Gasteiger partial charge >= 0.3 is 12.6 Å². The Labute approximate surface area is 582 Å². The van der Waals surface area contributed by atoms with Crippen LogP contribution in [0.5, 0.6) is 46.0 Å². The lowest BCUT2D eigenvalue weighted by molar-refractivity contribution is -0.385. The van der Waals surface area contributed by atoms with Gasteiger partial charge in [0, 0.05) is 78.6 Å². The number of esters is 1. The van der Waals surface area contributed by atoms with Crippen LogP contribution in [-0.4, -0.2) is 76.3 Å². The number of carbonyl (C=O) groups excluding carboxylic acids is 1. The predicted molar refractivity (Wildman–Crippen MR) is 392 cm³/mol. The molecule has 0 saturated carbocycles. The fourth-order valence-corrected chi connectivity index (χ4v) is 13.3. The Kier molecular flexibility index (Phi) is 26.5. The van der Waals surface area contributed by atoms with E-state index in [4.69, 9.17) is 54.0 Å². The first-order valence-corrected chi connectivity index (χ1v) is 36.2. The molecule has 18 heteroatoms. The number of rotatable bonds is 35. The standard InChI is InChI=1S/C80H87N4O12PS/c1-9-13-46-80(47-14-10-2)75-52-62(20-18-60-22-30-66(31-23-60)83(48-15-11-3)49-16-12-4)28-44-73(75)74-45-29-63(53-76(74)80)21-19-61-24-34-69(35-25-61)93-58-94-70-38-42-72(43-39-70)96-97(98,82(6)81-56-64-26-32-67(88-7)33-27-64)95-71-40-36-68(37-41-71)90-50-17-51-91-79-55-77(84(86)87)65(54-78(79)89-8)57-92-59(5)85/h22-45,52-56H,9-17,46-51,57-58H2,1-8H3/b81-56+. The minimum Gasteiger partial charge on any atom is -0.497 e. The van der Waals surface area contributed by atoms with Gasteiger partial charge in [-0.25, -0.2) is 4.78 Å². The number of benzene rings is 8. The summed E-state index contributed by atoms with van der Waals surface area (Å²) in [6.07, 6.45) is 13.5. The van der Waals surface area contributed by atoms with Crippen LogP contribution in [0.4, 0.5) is 11.4 Å². The van der Waals surface area contributed by atoms with Crippen LogP contribution >= 0.6 is 6.64 Å². The van der Waals surface area contributed by atoms with Crippen molar-refractivity contribution in [1.82, 2.24) is 4.78 Å². The number of carbonyl (C=O) groups is 1. The van der Waals surface area contributed by atoms with Crippen molar-refractivity contribution >= 4 is 42.0 Å². The van der Waals surface area contributed by atoms with E-state index in [0.29, 0.717) is 40.9 Å². The number of hydrazone groups is 1. The van der Waals surface area contributed by atoms with Crippen LogP contribution in [0.25, 0.3) is 11.1 Å². The number of unbranched alkanes of at least 4 members (excludes halogenated alkanes) is 4. The predicted octanol–water partition coefficient (Wildman–Crippen LogP) is 18.4. The van der Waals surface area contributed by atoms with Crippen LogP contribution in [0.1, 0.15) is 150 Å². The Morgan fingerprint density at radius 3 is 1.53 bits per heavy atom. The lowest BCUT2D eigenvalue weighted by Crippen LogP contribution is -2.25. The van der Waals surface area contributed by atoms with E-state index >= 15 is 0 Å². The third-order valence-corrected chi connectivity index (χ3v) is 19.7. The van der Waals surface area contributed by atoms with Crippen LogP contribution in [0.3, 0.4) is 0 Å². The largest absolute Gasteiger partial charge is 0.497 e. The van der Waals surface area contributed by atoms with Gasteiger partial charge in [0.25, 0.3) is 5.69 Å². The number of nitro groups is 1. The molecule has 98 heavy (non-hydrogen) atoms. The lowest BCUT2D eigenvalue weighted by Gasteiger charge is -2.33. The highest BCUT2D eigenvalue weighted by Crippen LogP contribution is 2.55. The van der Waals surface area contributed by atoms with Crippen LogP contribution in [0.15, 0.2) is 175 Å². The van der Waals surface area contributed by atoms with Crippen molar-refractivity contribution in [2.75, 3.05) is 59.3 Å². The first-order chi connectivity index (χ1) is 47.7. The third kappa shape index (κ3) is 19.6. The van der Waals surface area contributed by atoms with Gasteiger partial charge in [-0.15, -0.1) is 0 Å². The molecule has 510 valence electrons. The highest BCUT2D eigenvalue weighted by atomic mass is 32.5. The maximum atomic E-state index is 11.8. The van der Waals surface area contributed by atoms with E-state index in [0.717, 1.165) is 79.4 Å². The maximum Gasteiger partial charge on any atom is 0.410 e. The summed E-state index contributed by atoms with van der Waals surface area (Å²) in [5.41, 5.74) is 11.2. The lowest BCUT2D eigenvalue weighted by atomic mass is 9.70. The van der Waals surface area contributed by atoms with E-state index in [1.807, 2.05) is 48.5 Å². The highest BCUT2D eigenvalue weighted by molar-refractivity contribution is 8.09. The Morgan fingerprint density at radius 2 is 1.03 bits per heavy atom. The molecular weight excluding hydrogens is 1270 g/mol. The number of nitrogens with zero attached hydrogens (tertiary/aromatic N) is 4. The molecule has 0 fully saturated rings. The van der Waals surface area contributed by atoms with Gasteiger partial charge in [0.05, 0.1) is 50.2 Å². The van der Waals surface area contributed by atoms with E-state index in [1.54, 1.807) is 68.9 Å². The van der Waals surface area contributed by atoms with Gasteiger partial charge < -0.3 is 47.1 Å². The summed E-state index contributed by atoms with van der Waals surface area (Å²) >= 11 is 6.18. The molecule has 0 radical (unpaired) electrons. The molecule has 9 rings (SSSR count). The quantitative estimate of drug-likeness (QED) is 0.00539. The van der Waals surface area contributed by atoms with E-state index in [-0.39, 0.29) is 54.8 Å². The molecule has 1 unspecified atom stereocenters. The molecule has 0 saturated heterocycles. The number of fused-ring (bicyclic) bond motifs is 3. The first-order valence-electron chi connectivity index (χ1n) is 33.6. The number of nitro benzene ring substituents is 1. The number of ether oxygens (including phenoxy) is 7. The fraction of sp³-hybridized carbons (Fsp3) is 0.325. The van der Waals surface area contributed by atoms with E-state index in [1.165, 1.54) is 84.6 Å². The second-order valence-electron chi connectivity index (χ2n) is 23.8. The second-order valence-corrected chi connectivity index (χ2v) is 27.1. The molecular formula is C80H87N4O12PS. The van der Waals surface area contributed by atoms with Gasteiger partial charge in [-0.2, -0.15) is 5.10 Å². The summed E-state index contributed by atoms with van der Waals surface area (Å²) in [6.45, 7) is 9.15. The van der Waals surface area contributed by atoms with Crippen LogP contribution in [0, 0.1) is 33.8 Å². The summed E-state index contributed by atoms with van der Waals surface area (Å²) in [6, 6.07) is 54.2. The smallest absolute Gasteiger partial charge is 0.410 e. The van der Waals surface area contributed by atoms with Gasteiger partial charge in [0.1, 0.15) is 41.1 Å². The molecule has 1 atom stereocenters. The van der Waals surface area contributed by atoms with Crippen molar-refractivity contribution in [3.05, 3.63) is 224 Å². The molecule has 8 aromatic rings. The van der Waals surface area contributed by atoms with Crippen LogP contribution in [0.2, 0.25) is 0 Å². The zero-order chi connectivity index (χ0) is 69.3. The SMILES string of the molecule is CCCCN(CCCC)c1ccc(C#Cc2ccc3c(c2)C(CCCC)(CCCC)c2cc(C#Cc4ccc(OCOc5ccc(OP(=S)(Oc6ccc(OCCCOc7cc([N+](=O)[O-])c(COC(C)=O)cc7OC)cc6)N(C)/N=C/c6ccc(OC)cc6)cc5)cc4)ccc2-3)cc1. The number of methoxy groups -OCH3 is 2. The van der Waals surface area contributed by atoms with Gasteiger partial charge in [-0.3, -0.25) is 14.9 Å². The average Bonchev–Trinajstić information content (AvgIpc) is 1.56. The minimum atomic E-state index is -3.43. The van der Waals surface area contributed by atoms with Crippen LogP contribution < -0.4 is 42.4 Å².